The van der Waals surface area contributed by atoms with Gasteiger partial charge in [0.05, 0.1) is 21.7 Å². The molecule has 0 saturated carbocycles. The van der Waals surface area contributed by atoms with E-state index in [1.54, 1.807) is 6.92 Å². The highest BCUT2D eigenvalue weighted by Gasteiger charge is 2.14. The summed E-state index contributed by atoms with van der Waals surface area (Å²) in [7, 11) is 0. The first kappa shape index (κ1) is 15.2. The number of anilines is 1. The molecule has 2 aromatic rings. The molecule has 110 valence electrons. The molecule has 4 nitrogen and oxygen atoms in total. The van der Waals surface area contributed by atoms with Crippen LogP contribution in [0.25, 0.3) is 0 Å². The fourth-order valence-electron chi connectivity index (χ4n) is 1.83. The van der Waals surface area contributed by atoms with Crippen LogP contribution in [0.1, 0.15) is 18.5 Å². The molecule has 1 atom stereocenters. The Morgan fingerprint density at radius 1 is 1.19 bits per heavy atom. The molecule has 0 bridgehead atoms. The van der Waals surface area contributed by atoms with E-state index in [1.807, 2.05) is 0 Å². The van der Waals surface area contributed by atoms with E-state index in [1.165, 1.54) is 30.3 Å². The van der Waals surface area contributed by atoms with E-state index in [-0.39, 0.29) is 22.4 Å². The third kappa shape index (κ3) is 3.46. The second-order valence-corrected chi connectivity index (χ2v) is 4.87. The average Bonchev–Trinajstić information content (AvgIpc) is 2.43. The van der Waals surface area contributed by atoms with Gasteiger partial charge in [-0.05, 0) is 30.7 Å². The summed E-state index contributed by atoms with van der Waals surface area (Å²) in [6.07, 6.45) is 0. The molecule has 0 aromatic heterocycles. The third-order valence-electron chi connectivity index (χ3n) is 2.98. The fraction of sp³-hybridized carbons (Fsp3) is 0.143. The Labute approximate surface area is 124 Å². The average molecular weight is 313 g/mol. The smallest absolute Gasteiger partial charge is 0.272 e. The Kier molecular flexibility index (Phi) is 4.37. The van der Waals surface area contributed by atoms with Crippen molar-refractivity contribution in [1.29, 1.82) is 0 Å². The summed E-state index contributed by atoms with van der Waals surface area (Å²) in [6.45, 7) is 1.74. The number of non-ortho nitro benzene ring substituents is 1. The Hall–Kier alpha value is -2.21. The third-order valence-corrected chi connectivity index (χ3v) is 3.27. The number of benzene rings is 2. The van der Waals surface area contributed by atoms with E-state index >= 15 is 0 Å². The Bertz CT molecular complexity index is 695. The lowest BCUT2D eigenvalue weighted by molar-refractivity contribution is -0.385. The largest absolute Gasteiger partial charge is 0.376 e. The molecular weight excluding hydrogens is 302 g/mol. The number of nitro benzene ring substituents is 1. The number of hydrogen-bond donors (Lipinski definition) is 1. The Balaban J connectivity index is 2.21. The zero-order chi connectivity index (χ0) is 15.6. The highest BCUT2D eigenvalue weighted by molar-refractivity contribution is 6.30. The van der Waals surface area contributed by atoms with Crippen molar-refractivity contribution in [2.45, 2.75) is 13.0 Å². The molecule has 0 heterocycles. The highest BCUT2D eigenvalue weighted by atomic mass is 35.5. The van der Waals surface area contributed by atoms with Crippen LogP contribution in [-0.4, -0.2) is 4.92 Å². The number of nitrogens with zero attached hydrogens (tertiary/aromatic N) is 1. The first-order chi connectivity index (χ1) is 9.88. The first-order valence-electron chi connectivity index (χ1n) is 6.04. The standard InChI is InChI=1S/C14H11ClF2N2O2/c1-8(9-2-4-12(16)11(15)6-9)18-14-5-3-10(19(20)21)7-13(14)17/h2-8,18H,1H3. The van der Waals surface area contributed by atoms with Gasteiger partial charge in [0, 0.05) is 12.1 Å². The van der Waals surface area contributed by atoms with Gasteiger partial charge in [0.15, 0.2) is 5.82 Å². The van der Waals surface area contributed by atoms with Crippen LogP contribution in [0, 0.1) is 21.7 Å². The Morgan fingerprint density at radius 2 is 1.90 bits per heavy atom. The van der Waals surface area contributed by atoms with Crippen LogP contribution in [-0.2, 0) is 0 Å². The fourth-order valence-corrected chi connectivity index (χ4v) is 2.02. The van der Waals surface area contributed by atoms with Crippen molar-refractivity contribution in [2.75, 3.05) is 5.32 Å². The molecule has 0 saturated heterocycles. The maximum atomic E-state index is 13.8. The lowest BCUT2D eigenvalue weighted by Crippen LogP contribution is -2.08. The van der Waals surface area contributed by atoms with Gasteiger partial charge in [-0.2, -0.15) is 0 Å². The van der Waals surface area contributed by atoms with Crippen LogP contribution in [0.15, 0.2) is 36.4 Å². The quantitative estimate of drug-likeness (QED) is 0.657. The summed E-state index contributed by atoms with van der Waals surface area (Å²) in [4.78, 5) is 9.88. The van der Waals surface area contributed by atoms with Gasteiger partial charge in [-0.25, -0.2) is 8.78 Å². The van der Waals surface area contributed by atoms with Crippen molar-refractivity contribution in [3.8, 4) is 0 Å². The van der Waals surface area contributed by atoms with Crippen molar-refractivity contribution < 1.29 is 13.7 Å². The van der Waals surface area contributed by atoms with Crippen molar-refractivity contribution in [3.05, 3.63) is 68.7 Å². The topological polar surface area (TPSA) is 55.2 Å². The SMILES string of the molecule is CC(Nc1ccc([N+](=O)[O-])cc1F)c1ccc(F)c(Cl)c1. The summed E-state index contributed by atoms with van der Waals surface area (Å²) < 4.78 is 26.9. The maximum absolute atomic E-state index is 13.8. The van der Waals surface area contributed by atoms with E-state index in [0.717, 1.165) is 6.07 Å². The maximum Gasteiger partial charge on any atom is 0.272 e. The van der Waals surface area contributed by atoms with Gasteiger partial charge in [-0.1, -0.05) is 17.7 Å². The van der Waals surface area contributed by atoms with Crippen molar-refractivity contribution in [2.24, 2.45) is 0 Å². The summed E-state index contributed by atoms with van der Waals surface area (Å²) in [6, 6.07) is 7.18. The number of nitrogens with one attached hydrogen (secondary N) is 1. The summed E-state index contributed by atoms with van der Waals surface area (Å²) in [5, 5.41) is 13.4. The molecule has 1 unspecified atom stereocenters. The molecular formula is C14H11ClF2N2O2. The van der Waals surface area contributed by atoms with Gasteiger partial charge in [-0.3, -0.25) is 10.1 Å². The molecule has 0 aliphatic carbocycles. The minimum Gasteiger partial charge on any atom is -0.376 e. The molecule has 21 heavy (non-hydrogen) atoms. The molecule has 0 aliphatic rings. The van der Waals surface area contributed by atoms with Gasteiger partial charge < -0.3 is 5.32 Å². The Morgan fingerprint density at radius 3 is 2.48 bits per heavy atom. The summed E-state index contributed by atoms with van der Waals surface area (Å²) in [5.74, 6) is -1.27. The zero-order valence-corrected chi connectivity index (χ0v) is 11.7. The molecule has 1 N–H and O–H groups in total. The molecule has 0 fully saturated rings. The van der Waals surface area contributed by atoms with E-state index in [2.05, 4.69) is 5.32 Å². The summed E-state index contributed by atoms with van der Waals surface area (Å²) in [5.41, 5.74) is 0.461. The van der Waals surface area contributed by atoms with E-state index in [4.69, 9.17) is 11.6 Å². The summed E-state index contributed by atoms with van der Waals surface area (Å²) >= 11 is 5.70. The van der Waals surface area contributed by atoms with Gasteiger partial charge in [0.2, 0.25) is 0 Å². The molecule has 0 aliphatic heterocycles. The number of halogens is 3. The zero-order valence-electron chi connectivity index (χ0n) is 10.9. The molecule has 0 amide bonds. The minimum atomic E-state index is -0.732. The lowest BCUT2D eigenvalue weighted by atomic mass is 10.1. The molecule has 0 radical (unpaired) electrons. The van der Waals surface area contributed by atoms with Crippen LogP contribution < -0.4 is 5.32 Å². The van der Waals surface area contributed by atoms with Gasteiger partial charge in [0.1, 0.15) is 5.82 Å². The van der Waals surface area contributed by atoms with Gasteiger partial charge in [0.25, 0.3) is 5.69 Å². The van der Waals surface area contributed by atoms with Crippen LogP contribution in [0.2, 0.25) is 5.02 Å². The van der Waals surface area contributed by atoms with Gasteiger partial charge >= 0.3 is 0 Å². The van der Waals surface area contributed by atoms with E-state index in [0.29, 0.717) is 5.56 Å². The molecule has 2 aromatic carbocycles. The van der Waals surface area contributed by atoms with Crippen LogP contribution in [0.5, 0.6) is 0 Å². The van der Waals surface area contributed by atoms with Crippen LogP contribution in [0.3, 0.4) is 0 Å². The number of rotatable bonds is 4. The van der Waals surface area contributed by atoms with Crippen LogP contribution >= 0.6 is 11.6 Å². The molecule has 7 heteroatoms. The van der Waals surface area contributed by atoms with E-state index in [9.17, 15) is 18.9 Å². The normalized spacial score (nSPS) is 12.0. The van der Waals surface area contributed by atoms with Crippen molar-refractivity contribution in [1.82, 2.24) is 0 Å². The number of nitro groups is 1. The predicted molar refractivity (Wildman–Crippen MR) is 76.5 cm³/mol. The van der Waals surface area contributed by atoms with E-state index < -0.39 is 16.6 Å². The second kappa shape index (κ2) is 6.05. The van der Waals surface area contributed by atoms with Crippen molar-refractivity contribution in [3.63, 3.8) is 0 Å². The van der Waals surface area contributed by atoms with Crippen molar-refractivity contribution >= 4 is 23.0 Å². The predicted octanol–water partition coefficient (Wildman–Crippen LogP) is 4.70. The minimum absolute atomic E-state index is 0.0229. The lowest BCUT2D eigenvalue weighted by Gasteiger charge is -2.16. The monoisotopic (exact) mass is 312 g/mol. The molecule has 0 spiro atoms. The second-order valence-electron chi connectivity index (χ2n) is 4.46. The molecule has 2 rings (SSSR count). The highest BCUT2D eigenvalue weighted by Crippen LogP contribution is 2.26. The van der Waals surface area contributed by atoms with Crippen LogP contribution in [0.4, 0.5) is 20.2 Å². The number of hydrogen-bond acceptors (Lipinski definition) is 3. The van der Waals surface area contributed by atoms with Gasteiger partial charge in [-0.15, -0.1) is 0 Å². The first-order valence-corrected chi connectivity index (χ1v) is 6.41.